The first-order chi connectivity index (χ1) is 8.28. The lowest BCUT2D eigenvalue weighted by Gasteiger charge is -2.33. The van der Waals surface area contributed by atoms with Crippen molar-refractivity contribution in [2.24, 2.45) is 5.92 Å². The van der Waals surface area contributed by atoms with E-state index in [0.29, 0.717) is 11.7 Å². The van der Waals surface area contributed by atoms with Gasteiger partial charge in [0.25, 0.3) is 0 Å². The van der Waals surface area contributed by atoms with Gasteiger partial charge in [0.15, 0.2) is 0 Å². The number of hydrogen-bond acceptors (Lipinski definition) is 2. The molecule has 0 aromatic carbocycles. The zero-order valence-corrected chi connectivity index (χ0v) is 11.6. The van der Waals surface area contributed by atoms with Crippen LogP contribution in [-0.2, 0) is 4.74 Å². The van der Waals surface area contributed by atoms with Gasteiger partial charge in [-0.2, -0.15) is 0 Å². The fourth-order valence-corrected chi connectivity index (χ4v) is 3.68. The van der Waals surface area contributed by atoms with Gasteiger partial charge in [0, 0.05) is 0 Å². The van der Waals surface area contributed by atoms with Crippen LogP contribution in [-0.4, -0.2) is 25.3 Å². The molecule has 1 saturated heterocycles. The standard InChI is InChI=1S/C15H29NO/c1-3-13(12-16-2)11-14-7-10-15(17-14)8-5-4-6-9-15/h13-14,16H,3-12H2,1-2H3. The van der Waals surface area contributed by atoms with Crippen LogP contribution in [0, 0.1) is 5.92 Å². The van der Waals surface area contributed by atoms with Gasteiger partial charge in [-0.25, -0.2) is 0 Å². The topological polar surface area (TPSA) is 21.3 Å². The van der Waals surface area contributed by atoms with Crippen molar-refractivity contribution in [3.8, 4) is 0 Å². The van der Waals surface area contributed by atoms with E-state index >= 15 is 0 Å². The molecule has 0 amide bonds. The van der Waals surface area contributed by atoms with Gasteiger partial charge >= 0.3 is 0 Å². The summed E-state index contributed by atoms with van der Waals surface area (Å²) in [6.45, 7) is 3.44. The van der Waals surface area contributed by atoms with Crippen LogP contribution in [0.3, 0.4) is 0 Å². The highest BCUT2D eigenvalue weighted by molar-refractivity contribution is 4.91. The van der Waals surface area contributed by atoms with Gasteiger partial charge in [-0.15, -0.1) is 0 Å². The van der Waals surface area contributed by atoms with Crippen molar-refractivity contribution in [3.05, 3.63) is 0 Å². The Kier molecular flexibility index (Phi) is 4.87. The Hall–Kier alpha value is -0.0800. The minimum Gasteiger partial charge on any atom is -0.372 e. The molecule has 2 aliphatic rings. The van der Waals surface area contributed by atoms with E-state index in [1.165, 1.54) is 57.8 Å². The Morgan fingerprint density at radius 3 is 2.65 bits per heavy atom. The predicted octanol–water partition coefficient (Wildman–Crippen LogP) is 3.50. The fourth-order valence-electron chi connectivity index (χ4n) is 3.68. The molecule has 1 heterocycles. The summed E-state index contributed by atoms with van der Waals surface area (Å²) in [5.41, 5.74) is 0.306. The lowest BCUT2D eigenvalue weighted by Crippen LogP contribution is -2.32. The summed E-state index contributed by atoms with van der Waals surface area (Å²) in [4.78, 5) is 0. The molecule has 100 valence electrons. The molecule has 2 rings (SSSR count). The van der Waals surface area contributed by atoms with Gasteiger partial charge in [-0.3, -0.25) is 0 Å². The Labute approximate surface area is 107 Å². The molecule has 17 heavy (non-hydrogen) atoms. The van der Waals surface area contributed by atoms with Crippen LogP contribution < -0.4 is 5.32 Å². The van der Waals surface area contributed by atoms with E-state index in [0.717, 1.165) is 12.5 Å². The van der Waals surface area contributed by atoms with E-state index in [1.807, 2.05) is 0 Å². The molecule has 2 unspecified atom stereocenters. The lowest BCUT2D eigenvalue weighted by molar-refractivity contribution is -0.0698. The molecule has 2 nitrogen and oxygen atoms in total. The molecule has 0 aromatic rings. The van der Waals surface area contributed by atoms with E-state index in [1.54, 1.807) is 0 Å². The van der Waals surface area contributed by atoms with Crippen LogP contribution in [0.15, 0.2) is 0 Å². The van der Waals surface area contributed by atoms with E-state index in [-0.39, 0.29) is 0 Å². The smallest absolute Gasteiger partial charge is 0.0687 e. The van der Waals surface area contributed by atoms with Crippen molar-refractivity contribution in [3.63, 3.8) is 0 Å². The summed E-state index contributed by atoms with van der Waals surface area (Å²) in [6.07, 6.45) is 12.6. The van der Waals surface area contributed by atoms with Gasteiger partial charge in [-0.1, -0.05) is 32.6 Å². The molecule has 1 spiro atoms. The summed E-state index contributed by atoms with van der Waals surface area (Å²) < 4.78 is 6.44. The molecule has 1 aliphatic carbocycles. The average Bonchev–Trinajstić information content (AvgIpc) is 2.72. The first-order valence-corrected chi connectivity index (χ1v) is 7.60. The quantitative estimate of drug-likeness (QED) is 0.793. The average molecular weight is 239 g/mol. The molecule has 0 aromatic heterocycles. The third-order valence-electron chi connectivity index (χ3n) is 4.77. The summed E-state index contributed by atoms with van der Waals surface area (Å²) in [5, 5.41) is 3.31. The maximum Gasteiger partial charge on any atom is 0.0687 e. The van der Waals surface area contributed by atoms with Gasteiger partial charge < -0.3 is 10.1 Å². The maximum atomic E-state index is 6.44. The van der Waals surface area contributed by atoms with E-state index in [2.05, 4.69) is 19.3 Å². The van der Waals surface area contributed by atoms with Gasteiger partial charge in [0.2, 0.25) is 0 Å². The van der Waals surface area contributed by atoms with E-state index in [9.17, 15) is 0 Å². The van der Waals surface area contributed by atoms with Crippen molar-refractivity contribution in [2.45, 2.75) is 76.4 Å². The number of hydrogen-bond donors (Lipinski definition) is 1. The second-order valence-electron chi connectivity index (χ2n) is 6.09. The van der Waals surface area contributed by atoms with Crippen molar-refractivity contribution < 1.29 is 4.74 Å². The monoisotopic (exact) mass is 239 g/mol. The van der Waals surface area contributed by atoms with E-state index in [4.69, 9.17) is 4.74 Å². The molecule has 1 aliphatic heterocycles. The van der Waals surface area contributed by atoms with Crippen molar-refractivity contribution >= 4 is 0 Å². The highest BCUT2D eigenvalue weighted by atomic mass is 16.5. The summed E-state index contributed by atoms with van der Waals surface area (Å²) in [5.74, 6) is 0.795. The summed E-state index contributed by atoms with van der Waals surface area (Å²) in [6, 6.07) is 0. The van der Waals surface area contributed by atoms with Gasteiger partial charge in [0.05, 0.1) is 11.7 Å². The van der Waals surface area contributed by atoms with Crippen LogP contribution in [0.5, 0.6) is 0 Å². The summed E-state index contributed by atoms with van der Waals surface area (Å²) >= 11 is 0. The first kappa shape index (κ1) is 13.4. The third-order valence-corrected chi connectivity index (χ3v) is 4.77. The zero-order valence-electron chi connectivity index (χ0n) is 11.6. The Bertz CT molecular complexity index is 223. The minimum atomic E-state index is 0.306. The predicted molar refractivity (Wildman–Crippen MR) is 72.2 cm³/mol. The Morgan fingerprint density at radius 2 is 2.00 bits per heavy atom. The zero-order chi connectivity index (χ0) is 12.1. The SMILES string of the molecule is CCC(CNC)CC1CCC2(CCCCC2)O1. The number of rotatable bonds is 5. The van der Waals surface area contributed by atoms with Crippen molar-refractivity contribution in [1.29, 1.82) is 0 Å². The van der Waals surface area contributed by atoms with Gasteiger partial charge in [-0.05, 0) is 51.6 Å². The van der Waals surface area contributed by atoms with Crippen LogP contribution in [0.4, 0.5) is 0 Å². The van der Waals surface area contributed by atoms with Gasteiger partial charge in [0.1, 0.15) is 0 Å². The maximum absolute atomic E-state index is 6.44. The van der Waals surface area contributed by atoms with Crippen molar-refractivity contribution in [2.75, 3.05) is 13.6 Å². The highest BCUT2D eigenvalue weighted by Crippen LogP contribution is 2.43. The third kappa shape index (κ3) is 3.45. The van der Waals surface area contributed by atoms with Crippen LogP contribution >= 0.6 is 0 Å². The molecule has 1 saturated carbocycles. The molecule has 0 radical (unpaired) electrons. The molecule has 2 atom stereocenters. The number of nitrogens with one attached hydrogen (secondary N) is 1. The van der Waals surface area contributed by atoms with E-state index < -0.39 is 0 Å². The largest absolute Gasteiger partial charge is 0.372 e. The minimum absolute atomic E-state index is 0.306. The normalized spacial score (nSPS) is 29.6. The lowest BCUT2D eigenvalue weighted by atomic mass is 9.83. The molecular weight excluding hydrogens is 210 g/mol. The molecule has 1 N–H and O–H groups in total. The Morgan fingerprint density at radius 1 is 1.24 bits per heavy atom. The van der Waals surface area contributed by atoms with Crippen LogP contribution in [0.25, 0.3) is 0 Å². The molecular formula is C15H29NO. The summed E-state index contributed by atoms with van der Waals surface area (Å²) in [7, 11) is 2.06. The van der Waals surface area contributed by atoms with Crippen molar-refractivity contribution in [1.82, 2.24) is 5.32 Å². The second-order valence-corrected chi connectivity index (χ2v) is 6.09. The molecule has 2 fully saturated rings. The fraction of sp³-hybridized carbons (Fsp3) is 1.00. The first-order valence-electron chi connectivity index (χ1n) is 7.60. The van der Waals surface area contributed by atoms with Crippen LogP contribution in [0.2, 0.25) is 0 Å². The molecule has 0 bridgehead atoms. The number of ether oxygens (including phenoxy) is 1. The van der Waals surface area contributed by atoms with Crippen LogP contribution in [0.1, 0.15) is 64.7 Å². The highest BCUT2D eigenvalue weighted by Gasteiger charge is 2.40. The Balaban J connectivity index is 1.80. The second kappa shape index (κ2) is 6.19. The molecule has 2 heteroatoms.